The van der Waals surface area contributed by atoms with Crippen molar-refractivity contribution in [1.82, 2.24) is 4.98 Å². The van der Waals surface area contributed by atoms with Crippen LogP contribution in [0.1, 0.15) is 29.3 Å². The summed E-state index contributed by atoms with van der Waals surface area (Å²) in [5.41, 5.74) is -1.71. The molecule has 88 valence electrons. The minimum Gasteiger partial charge on any atom is -0.462 e. The number of ether oxygens (including phenoxy) is 1. The molecule has 4 nitrogen and oxygen atoms in total. The minimum absolute atomic E-state index is 0.0677. The van der Waals surface area contributed by atoms with Crippen molar-refractivity contribution in [2.75, 3.05) is 6.61 Å². The van der Waals surface area contributed by atoms with Crippen molar-refractivity contribution in [2.24, 2.45) is 0 Å². The van der Waals surface area contributed by atoms with E-state index in [9.17, 15) is 18.4 Å². The first-order valence-electron chi connectivity index (χ1n) is 4.35. The van der Waals surface area contributed by atoms with Crippen LogP contribution in [0.5, 0.6) is 0 Å². The predicted octanol–water partition coefficient (Wildman–Crippen LogP) is 2.25. The van der Waals surface area contributed by atoms with E-state index in [1.54, 1.807) is 6.92 Å². The summed E-state index contributed by atoms with van der Waals surface area (Å²) in [4.78, 5) is 24.6. The monoisotopic (exact) mass is 295 g/mol. The normalized spacial score (nSPS) is 10.6. The summed E-state index contributed by atoms with van der Waals surface area (Å²) in [7, 11) is 0. The first-order chi connectivity index (χ1) is 7.49. The largest absolute Gasteiger partial charge is 0.462 e. The Bertz CT molecular complexity index is 459. The molecule has 1 aromatic heterocycles. The fourth-order valence-corrected chi connectivity index (χ4v) is 1.61. The van der Waals surface area contributed by atoms with Gasteiger partial charge in [-0.3, -0.25) is 4.79 Å². The maximum absolute atomic E-state index is 12.7. The van der Waals surface area contributed by atoms with Gasteiger partial charge >= 0.3 is 5.97 Å². The van der Waals surface area contributed by atoms with Crippen LogP contribution in [0.3, 0.4) is 0 Å². The van der Waals surface area contributed by atoms with Crippen molar-refractivity contribution in [3.63, 3.8) is 0 Å². The van der Waals surface area contributed by atoms with Gasteiger partial charge in [0, 0.05) is 6.20 Å². The van der Waals surface area contributed by atoms with Crippen molar-refractivity contribution in [3.05, 3.63) is 32.2 Å². The lowest BCUT2D eigenvalue weighted by molar-refractivity contribution is 0.0514. The molecule has 1 heterocycles. The Morgan fingerprint density at radius 1 is 1.62 bits per heavy atom. The average Bonchev–Trinajstić information content (AvgIpc) is 2.21. The number of rotatable bonds is 3. The minimum atomic E-state index is -2.93. The molecule has 0 fully saturated rings. The van der Waals surface area contributed by atoms with Crippen LogP contribution in [0.15, 0.2) is 15.5 Å². The van der Waals surface area contributed by atoms with Crippen LogP contribution in [0, 0.1) is 0 Å². The van der Waals surface area contributed by atoms with Gasteiger partial charge in [-0.05, 0) is 22.9 Å². The van der Waals surface area contributed by atoms with Crippen molar-refractivity contribution in [3.8, 4) is 0 Å². The summed E-state index contributed by atoms with van der Waals surface area (Å²) in [6.45, 7) is 1.62. The van der Waals surface area contributed by atoms with E-state index in [0.717, 1.165) is 6.20 Å². The summed E-state index contributed by atoms with van der Waals surface area (Å²) in [6, 6.07) is 0. The van der Waals surface area contributed by atoms with Gasteiger partial charge in [0.25, 0.3) is 12.0 Å². The number of carbonyl (C=O) groups excluding carboxylic acids is 1. The lowest BCUT2D eigenvalue weighted by Crippen LogP contribution is -2.16. The fraction of sp³-hybridized carbons (Fsp3) is 0.333. The lowest BCUT2D eigenvalue weighted by Gasteiger charge is -2.08. The van der Waals surface area contributed by atoms with Gasteiger partial charge in [-0.1, -0.05) is 0 Å². The zero-order valence-electron chi connectivity index (χ0n) is 8.22. The van der Waals surface area contributed by atoms with Crippen LogP contribution < -0.4 is 5.56 Å². The van der Waals surface area contributed by atoms with Crippen molar-refractivity contribution >= 4 is 21.9 Å². The van der Waals surface area contributed by atoms with Gasteiger partial charge in [-0.15, -0.1) is 0 Å². The SMILES string of the molecule is CCOC(=O)c1c[nH]c(=O)c(Br)c1C(F)F. The van der Waals surface area contributed by atoms with E-state index in [2.05, 4.69) is 25.7 Å². The zero-order valence-corrected chi connectivity index (χ0v) is 9.81. The number of esters is 1. The van der Waals surface area contributed by atoms with E-state index in [1.165, 1.54) is 0 Å². The second-order valence-corrected chi connectivity index (χ2v) is 3.57. The van der Waals surface area contributed by atoms with Crippen LogP contribution in [-0.2, 0) is 4.74 Å². The Hall–Kier alpha value is -1.24. The van der Waals surface area contributed by atoms with Gasteiger partial charge in [0.2, 0.25) is 0 Å². The maximum Gasteiger partial charge on any atom is 0.340 e. The number of halogens is 3. The molecule has 1 rings (SSSR count). The highest BCUT2D eigenvalue weighted by Crippen LogP contribution is 2.28. The number of nitrogens with one attached hydrogen (secondary N) is 1. The Labute approximate surface area is 97.7 Å². The number of aromatic amines is 1. The van der Waals surface area contributed by atoms with Crippen LogP contribution in [0.4, 0.5) is 8.78 Å². The summed E-state index contributed by atoms with van der Waals surface area (Å²) in [5.74, 6) is -0.894. The number of hydrogen-bond donors (Lipinski definition) is 1. The predicted molar refractivity (Wildman–Crippen MR) is 55.7 cm³/mol. The molecule has 7 heteroatoms. The number of aromatic nitrogens is 1. The molecule has 0 saturated heterocycles. The fourth-order valence-electron chi connectivity index (χ4n) is 1.11. The molecule has 0 amide bonds. The van der Waals surface area contributed by atoms with Gasteiger partial charge in [0.1, 0.15) is 0 Å². The van der Waals surface area contributed by atoms with Crippen LogP contribution in [0.25, 0.3) is 0 Å². The molecule has 0 aromatic carbocycles. The molecule has 0 bridgehead atoms. The van der Waals surface area contributed by atoms with E-state index < -0.39 is 23.5 Å². The van der Waals surface area contributed by atoms with Crippen LogP contribution in [-0.4, -0.2) is 17.6 Å². The zero-order chi connectivity index (χ0) is 12.3. The standard InChI is InChI=1S/C9H8BrF2NO3/c1-2-16-9(15)4-3-13-8(14)6(10)5(4)7(11)12/h3,7H,2H2,1H3,(H,13,14). The quantitative estimate of drug-likeness (QED) is 0.870. The van der Waals surface area contributed by atoms with Crippen molar-refractivity contribution < 1.29 is 18.3 Å². The Morgan fingerprint density at radius 3 is 2.75 bits per heavy atom. The Morgan fingerprint density at radius 2 is 2.25 bits per heavy atom. The summed E-state index contributed by atoms with van der Waals surface area (Å²) in [6.07, 6.45) is -2.01. The van der Waals surface area contributed by atoms with Gasteiger partial charge in [0.05, 0.1) is 22.2 Å². The van der Waals surface area contributed by atoms with E-state index in [1.807, 2.05) is 0 Å². The van der Waals surface area contributed by atoms with Gasteiger partial charge in [-0.2, -0.15) is 0 Å². The molecule has 0 aliphatic rings. The molecule has 1 aromatic rings. The molecule has 0 saturated carbocycles. The Balaban J connectivity index is 3.34. The lowest BCUT2D eigenvalue weighted by atomic mass is 10.1. The topological polar surface area (TPSA) is 59.2 Å². The van der Waals surface area contributed by atoms with Crippen LogP contribution in [0.2, 0.25) is 0 Å². The second kappa shape index (κ2) is 5.20. The molecule has 0 spiro atoms. The first-order valence-corrected chi connectivity index (χ1v) is 5.14. The molecular formula is C9H8BrF2NO3. The summed E-state index contributed by atoms with van der Waals surface area (Å²) in [5, 5.41) is 0. The molecule has 0 aliphatic carbocycles. The van der Waals surface area contributed by atoms with Gasteiger partial charge in [-0.25, -0.2) is 13.6 Å². The number of alkyl halides is 2. The molecule has 0 unspecified atom stereocenters. The average molecular weight is 296 g/mol. The third-order valence-corrected chi connectivity index (χ3v) is 2.57. The molecule has 1 N–H and O–H groups in total. The maximum atomic E-state index is 12.7. The molecule has 0 atom stereocenters. The Kier molecular flexibility index (Phi) is 4.17. The van der Waals surface area contributed by atoms with E-state index in [4.69, 9.17) is 0 Å². The van der Waals surface area contributed by atoms with Gasteiger partial charge in [0.15, 0.2) is 0 Å². The number of H-pyrrole nitrogens is 1. The summed E-state index contributed by atoms with van der Waals surface area (Å²) >= 11 is 2.72. The van der Waals surface area contributed by atoms with E-state index >= 15 is 0 Å². The second-order valence-electron chi connectivity index (χ2n) is 2.78. The van der Waals surface area contributed by atoms with E-state index in [-0.39, 0.29) is 16.6 Å². The highest BCUT2D eigenvalue weighted by atomic mass is 79.9. The summed E-state index contributed by atoms with van der Waals surface area (Å²) < 4.78 is 29.6. The third-order valence-electron chi connectivity index (χ3n) is 1.79. The van der Waals surface area contributed by atoms with Crippen molar-refractivity contribution in [1.29, 1.82) is 0 Å². The number of carbonyl (C=O) groups is 1. The smallest absolute Gasteiger partial charge is 0.340 e. The molecule has 0 aliphatic heterocycles. The molecule has 0 radical (unpaired) electrons. The van der Waals surface area contributed by atoms with Crippen LogP contribution >= 0.6 is 15.9 Å². The van der Waals surface area contributed by atoms with E-state index in [0.29, 0.717) is 0 Å². The first kappa shape index (κ1) is 12.8. The highest BCUT2D eigenvalue weighted by molar-refractivity contribution is 9.10. The van der Waals surface area contributed by atoms with Gasteiger partial charge < -0.3 is 9.72 Å². The number of pyridine rings is 1. The van der Waals surface area contributed by atoms with Crippen molar-refractivity contribution in [2.45, 2.75) is 13.3 Å². The number of hydrogen-bond acceptors (Lipinski definition) is 3. The molecule has 16 heavy (non-hydrogen) atoms. The highest BCUT2D eigenvalue weighted by Gasteiger charge is 2.24. The third kappa shape index (κ3) is 2.46. The molecular weight excluding hydrogens is 288 g/mol.